The molecule has 1 aromatic rings. The largest absolute Gasteiger partial charge is 0.374 e. The van der Waals surface area contributed by atoms with Gasteiger partial charge in [-0.25, -0.2) is 0 Å². The first-order chi connectivity index (χ1) is 8.81. The second-order valence-corrected chi connectivity index (χ2v) is 6.24. The molecule has 1 aromatic carbocycles. The molecule has 1 heterocycles. The van der Waals surface area contributed by atoms with Gasteiger partial charge in [0.1, 0.15) is 0 Å². The number of fused-ring (bicyclic) bond motifs is 1. The first kappa shape index (κ1) is 14.2. The van der Waals surface area contributed by atoms with E-state index in [2.05, 4.69) is 15.9 Å². The van der Waals surface area contributed by atoms with Crippen LogP contribution in [0.3, 0.4) is 0 Å². The van der Waals surface area contributed by atoms with Crippen molar-refractivity contribution < 1.29 is 14.3 Å². The Labute approximate surface area is 120 Å². The number of hydrogen-bond acceptors (Lipinski definition) is 3. The van der Waals surface area contributed by atoms with Crippen molar-refractivity contribution in [3.8, 4) is 0 Å². The van der Waals surface area contributed by atoms with E-state index in [1.54, 1.807) is 12.1 Å². The quantitative estimate of drug-likeness (QED) is 0.803. The molecule has 5 heteroatoms. The highest BCUT2D eigenvalue weighted by Crippen LogP contribution is 2.35. The van der Waals surface area contributed by atoms with Crippen LogP contribution in [0.4, 0.5) is 5.69 Å². The molecule has 0 unspecified atom stereocenters. The molecule has 102 valence electrons. The number of halogens is 1. The minimum Gasteiger partial charge on any atom is -0.374 e. The third kappa shape index (κ3) is 2.87. The van der Waals surface area contributed by atoms with Crippen LogP contribution >= 0.6 is 15.9 Å². The van der Waals surface area contributed by atoms with Gasteiger partial charge in [0.25, 0.3) is 11.7 Å². The summed E-state index contributed by atoms with van der Waals surface area (Å²) in [6.45, 7) is 6.62. The van der Waals surface area contributed by atoms with E-state index in [-0.39, 0.29) is 5.60 Å². The monoisotopic (exact) mass is 325 g/mol. The molecule has 1 aliphatic rings. The highest BCUT2D eigenvalue weighted by molar-refractivity contribution is 9.10. The molecule has 2 rings (SSSR count). The standard InChI is InChI=1S/C14H16BrNO3/c1-14(2,3)19-8-7-16-11-9(12(17)13(16)18)5-4-6-10(11)15/h4-6H,7-8H2,1-3H3. The van der Waals surface area contributed by atoms with Gasteiger partial charge in [-0.1, -0.05) is 6.07 Å². The normalized spacial score (nSPS) is 15.1. The predicted octanol–water partition coefficient (Wildman–Crippen LogP) is 2.79. The number of ether oxygens (including phenoxy) is 1. The maximum atomic E-state index is 12.0. The second-order valence-electron chi connectivity index (χ2n) is 5.38. The summed E-state index contributed by atoms with van der Waals surface area (Å²) in [6, 6.07) is 5.25. The van der Waals surface area contributed by atoms with Crippen LogP contribution in [0.15, 0.2) is 22.7 Å². The molecule has 0 aromatic heterocycles. The molecule has 1 amide bonds. The first-order valence-corrected chi connectivity index (χ1v) is 6.89. The third-order valence-corrected chi connectivity index (χ3v) is 3.43. The van der Waals surface area contributed by atoms with Gasteiger partial charge in [0.05, 0.1) is 23.5 Å². The Kier molecular flexibility index (Phi) is 3.78. The molecule has 0 radical (unpaired) electrons. The van der Waals surface area contributed by atoms with Crippen LogP contribution in [0.5, 0.6) is 0 Å². The molecule has 0 spiro atoms. The zero-order valence-electron chi connectivity index (χ0n) is 11.2. The van der Waals surface area contributed by atoms with Crippen LogP contribution in [0.1, 0.15) is 31.1 Å². The van der Waals surface area contributed by atoms with E-state index in [0.29, 0.717) is 24.4 Å². The van der Waals surface area contributed by atoms with Crippen molar-refractivity contribution in [2.45, 2.75) is 26.4 Å². The number of rotatable bonds is 3. The Hall–Kier alpha value is -1.20. The molecule has 0 fully saturated rings. The van der Waals surface area contributed by atoms with Gasteiger partial charge in [0.15, 0.2) is 0 Å². The molecule has 4 nitrogen and oxygen atoms in total. The predicted molar refractivity (Wildman–Crippen MR) is 76.5 cm³/mol. The summed E-state index contributed by atoms with van der Waals surface area (Å²) >= 11 is 3.39. The minimum absolute atomic E-state index is 0.260. The van der Waals surface area contributed by atoms with Gasteiger partial charge in [-0.3, -0.25) is 9.59 Å². The van der Waals surface area contributed by atoms with Crippen LogP contribution in [0, 0.1) is 0 Å². The smallest absolute Gasteiger partial charge is 0.299 e. The van der Waals surface area contributed by atoms with Crippen molar-refractivity contribution in [3.05, 3.63) is 28.2 Å². The Morgan fingerprint density at radius 2 is 1.95 bits per heavy atom. The van der Waals surface area contributed by atoms with Crippen molar-refractivity contribution in [2.75, 3.05) is 18.1 Å². The summed E-state index contributed by atoms with van der Waals surface area (Å²) < 4.78 is 6.36. The number of carbonyl (C=O) groups excluding carboxylic acids is 2. The van der Waals surface area contributed by atoms with Gasteiger partial charge >= 0.3 is 0 Å². The van der Waals surface area contributed by atoms with Crippen molar-refractivity contribution in [3.63, 3.8) is 0 Å². The van der Waals surface area contributed by atoms with E-state index < -0.39 is 11.7 Å². The highest BCUT2D eigenvalue weighted by atomic mass is 79.9. The zero-order valence-corrected chi connectivity index (χ0v) is 12.8. The van der Waals surface area contributed by atoms with Crippen LogP contribution in [0.2, 0.25) is 0 Å². The lowest BCUT2D eigenvalue weighted by Crippen LogP contribution is -2.35. The maximum Gasteiger partial charge on any atom is 0.299 e. The number of nitrogens with zero attached hydrogens (tertiary/aromatic N) is 1. The number of carbonyl (C=O) groups is 2. The molecule has 0 N–H and O–H groups in total. The molecule has 0 bridgehead atoms. The molecule has 1 aliphatic heterocycles. The van der Waals surface area contributed by atoms with Crippen molar-refractivity contribution >= 4 is 33.3 Å². The second kappa shape index (κ2) is 5.06. The molecular formula is C14H16BrNO3. The summed E-state index contributed by atoms with van der Waals surface area (Å²) in [5, 5.41) is 0. The topological polar surface area (TPSA) is 46.6 Å². The van der Waals surface area contributed by atoms with Gasteiger partial charge in [-0.2, -0.15) is 0 Å². The van der Waals surface area contributed by atoms with Crippen LogP contribution in [-0.2, 0) is 9.53 Å². The summed E-state index contributed by atoms with van der Waals surface area (Å²) in [5.74, 6) is -0.938. The first-order valence-electron chi connectivity index (χ1n) is 6.10. The number of anilines is 1. The number of hydrogen-bond donors (Lipinski definition) is 0. The lowest BCUT2D eigenvalue weighted by molar-refractivity contribution is -0.114. The van der Waals surface area contributed by atoms with E-state index in [9.17, 15) is 9.59 Å². The molecule has 0 saturated carbocycles. The SMILES string of the molecule is CC(C)(C)OCCN1C(=O)C(=O)c2cccc(Br)c21. The molecule has 0 aliphatic carbocycles. The number of benzene rings is 1. The lowest BCUT2D eigenvalue weighted by Gasteiger charge is -2.23. The Morgan fingerprint density at radius 3 is 2.58 bits per heavy atom. The molecule has 19 heavy (non-hydrogen) atoms. The number of amides is 1. The van der Waals surface area contributed by atoms with Gasteiger partial charge in [0.2, 0.25) is 0 Å². The fraction of sp³-hybridized carbons (Fsp3) is 0.429. The van der Waals surface area contributed by atoms with Crippen molar-refractivity contribution in [1.29, 1.82) is 0 Å². The van der Waals surface area contributed by atoms with Crippen LogP contribution in [-0.4, -0.2) is 30.4 Å². The van der Waals surface area contributed by atoms with Gasteiger partial charge in [0, 0.05) is 11.0 Å². The van der Waals surface area contributed by atoms with Gasteiger partial charge in [-0.15, -0.1) is 0 Å². The summed E-state index contributed by atoms with van der Waals surface area (Å²) in [4.78, 5) is 25.3. The summed E-state index contributed by atoms with van der Waals surface area (Å²) in [6.07, 6.45) is 0. The zero-order chi connectivity index (χ0) is 14.2. The Morgan fingerprint density at radius 1 is 1.26 bits per heavy atom. The molecule has 0 saturated heterocycles. The maximum absolute atomic E-state index is 12.0. The fourth-order valence-corrected chi connectivity index (χ4v) is 2.55. The lowest BCUT2D eigenvalue weighted by atomic mass is 10.1. The van der Waals surface area contributed by atoms with Crippen molar-refractivity contribution in [1.82, 2.24) is 0 Å². The third-order valence-electron chi connectivity index (χ3n) is 2.79. The van der Waals surface area contributed by atoms with Crippen LogP contribution in [0.25, 0.3) is 0 Å². The molecule has 0 atom stereocenters. The number of para-hydroxylation sites is 1. The van der Waals surface area contributed by atoms with E-state index in [0.717, 1.165) is 4.47 Å². The van der Waals surface area contributed by atoms with E-state index in [1.807, 2.05) is 26.8 Å². The fourth-order valence-electron chi connectivity index (χ4n) is 1.97. The van der Waals surface area contributed by atoms with E-state index in [1.165, 1.54) is 4.90 Å². The van der Waals surface area contributed by atoms with E-state index in [4.69, 9.17) is 4.74 Å². The van der Waals surface area contributed by atoms with Gasteiger partial charge in [-0.05, 0) is 48.8 Å². The Balaban J connectivity index is 2.19. The average Bonchev–Trinajstić information content (AvgIpc) is 2.54. The molecular weight excluding hydrogens is 310 g/mol. The van der Waals surface area contributed by atoms with Crippen molar-refractivity contribution in [2.24, 2.45) is 0 Å². The van der Waals surface area contributed by atoms with Crippen LogP contribution < -0.4 is 4.90 Å². The summed E-state index contributed by atoms with van der Waals surface area (Å²) in [5.41, 5.74) is 0.842. The average molecular weight is 326 g/mol. The Bertz CT molecular complexity index is 534. The minimum atomic E-state index is -0.487. The summed E-state index contributed by atoms with van der Waals surface area (Å²) in [7, 11) is 0. The van der Waals surface area contributed by atoms with E-state index >= 15 is 0 Å². The highest BCUT2D eigenvalue weighted by Gasteiger charge is 2.36. The van der Waals surface area contributed by atoms with Gasteiger partial charge < -0.3 is 9.64 Å². The number of Topliss-reactive ketones (excluding diaryl/α,β-unsaturated/α-hetero) is 1. The number of ketones is 1.